The van der Waals surface area contributed by atoms with Crippen LogP contribution >= 0.6 is 11.6 Å². The molecular formula is C18H16ClN3O3. The molecule has 0 spiro atoms. The number of aromatic nitrogens is 2. The second kappa shape index (κ2) is 6.37. The molecule has 7 heteroatoms. The second-order valence-electron chi connectivity index (χ2n) is 6.11. The van der Waals surface area contributed by atoms with Gasteiger partial charge in [-0.2, -0.15) is 0 Å². The number of aryl methyl sites for hydroxylation is 1. The number of rotatable bonds is 3. The van der Waals surface area contributed by atoms with E-state index in [-0.39, 0.29) is 17.6 Å². The van der Waals surface area contributed by atoms with E-state index in [1.54, 1.807) is 23.1 Å². The van der Waals surface area contributed by atoms with E-state index in [1.807, 2.05) is 25.1 Å². The van der Waals surface area contributed by atoms with Crippen molar-refractivity contribution >= 4 is 17.5 Å². The summed E-state index contributed by atoms with van der Waals surface area (Å²) in [5.74, 6) is 1.08. The zero-order valence-corrected chi connectivity index (χ0v) is 14.4. The largest absolute Gasteiger partial charge is 0.359 e. The number of nitrogens with zero attached hydrogens (tertiary/aromatic N) is 3. The molecule has 0 aliphatic carbocycles. The molecule has 128 valence electrons. The minimum absolute atomic E-state index is 0.107. The molecule has 2 aromatic heterocycles. The molecule has 0 unspecified atom stereocenters. The van der Waals surface area contributed by atoms with E-state index >= 15 is 0 Å². The predicted molar refractivity (Wildman–Crippen MR) is 91.2 cm³/mol. The Morgan fingerprint density at radius 1 is 1.20 bits per heavy atom. The predicted octanol–water partition coefficient (Wildman–Crippen LogP) is 4.27. The lowest BCUT2D eigenvalue weighted by atomic mass is 10.1. The number of carbonyl (C=O) groups excluding carboxylic acids is 1. The molecule has 1 aliphatic heterocycles. The van der Waals surface area contributed by atoms with Crippen molar-refractivity contribution in [1.29, 1.82) is 0 Å². The summed E-state index contributed by atoms with van der Waals surface area (Å²) in [5.41, 5.74) is 1.91. The van der Waals surface area contributed by atoms with Crippen LogP contribution in [0.4, 0.5) is 0 Å². The summed E-state index contributed by atoms with van der Waals surface area (Å²) in [4.78, 5) is 14.6. The first-order valence-corrected chi connectivity index (χ1v) is 8.46. The number of hydrogen-bond acceptors (Lipinski definition) is 5. The molecule has 0 radical (unpaired) electrons. The zero-order chi connectivity index (χ0) is 17.4. The first kappa shape index (κ1) is 15.9. The van der Waals surface area contributed by atoms with Gasteiger partial charge >= 0.3 is 0 Å². The fraction of sp³-hybridized carbons (Fsp3) is 0.278. The number of carbonyl (C=O) groups is 1. The third kappa shape index (κ3) is 3.05. The van der Waals surface area contributed by atoms with Gasteiger partial charge in [0.05, 0.1) is 11.7 Å². The minimum Gasteiger partial charge on any atom is -0.359 e. The Hall–Kier alpha value is -2.60. The second-order valence-corrected chi connectivity index (χ2v) is 6.55. The average Bonchev–Trinajstić information content (AvgIpc) is 3.35. The fourth-order valence-corrected chi connectivity index (χ4v) is 3.25. The monoisotopic (exact) mass is 357 g/mol. The van der Waals surface area contributed by atoms with Gasteiger partial charge in [0, 0.05) is 29.3 Å². The van der Waals surface area contributed by atoms with Crippen LogP contribution in [0.1, 0.15) is 40.8 Å². The number of halogens is 1. The Labute approximate surface area is 149 Å². The highest BCUT2D eigenvalue weighted by molar-refractivity contribution is 6.30. The Bertz CT molecular complexity index is 900. The first-order valence-electron chi connectivity index (χ1n) is 8.08. The maximum atomic E-state index is 12.9. The van der Waals surface area contributed by atoms with Gasteiger partial charge in [0.15, 0.2) is 17.2 Å². The SMILES string of the molecule is Cc1cc([C@H]2CCCN2C(=O)c2cc(-c3ccc(Cl)cc3)on2)on1. The molecule has 1 aliphatic rings. The van der Waals surface area contributed by atoms with Gasteiger partial charge in [-0.1, -0.05) is 21.9 Å². The van der Waals surface area contributed by atoms with Crippen molar-refractivity contribution < 1.29 is 13.8 Å². The van der Waals surface area contributed by atoms with Crippen LogP contribution in [0.3, 0.4) is 0 Å². The maximum Gasteiger partial charge on any atom is 0.276 e. The molecule has 25 heavy (non-hydrogen) atoms. The molecule has 1 atom stereocenters. The summed E-state index contributed by atoms with van der Waals surface area (Å²) >= 11 is 5.90. The summed E-state index contributed by atoms with van der Waals surface area (Å²) in [7, 11) is 0. The summed E-state index contributed by atoms with van der Waals surface area (Å²) in [6.45, 7) is 2.52. The summed E-state index contributed by atoms with van der Waals surface area (Å²) in [6, 6.07) is 10.6. The molecule has 1 aromatic carbocycles. The van der Waals surface area contributed by atoms with Crippen molar-refractivity contribution in [2.75, 3.05) is 6.54 Å². The molecule has 0 bridgehead atoms. The van der Waals surface area contributed by atoms with Crippen molar-refractivity contribution in [3.8, 4) is 11.3 Å². The van der Waals surface area contributed by atoms with Gasteiger partial charge in [0.25, 0.3) is 5.91 Å². The molecule has 1 fully saturated rings. The highest BCUT2D eigenvalue weighted by Crippen LogP contribution is 2.34. The van der Waals surface area contributed by atoms with Crippen LogP contribution in [0.5, 0.6) is 0 Å². The van der Waals surface area contributed by atoms with Gasteiger partial charge < -0.3 is 13.9 Å². The van der Waals surface area contributed by atoms with Gasteiger partial charge in [-0.25, -0.2) is 0 Å². The lowest BCUT2D eigenvalue weighted by Gasteiger charge is -2.21. The van der Waals surface area contributed by atoms with Crippen molar-refractivity contribution in [2.24, 2.45) is 0 Å². The third-order valence-electron chi connectivity index (χ3n) is 4.35. The number of hydrogen-bond donors (Lipinski definition) is 0. The standard InChI is InChI=1S/C18H16ClN3O3/c1-11-9-17(25-20-11)15-3-2-8-22(15)18(23)14-10-16(24-21-14)12-4-6-13(19)7-5-12/h4-7,9-10,15H,2-3,8H2,1H3/t15-/m1/s1. The van der Waals surface area contributed by atoms with Crippen molar-refractivity contribution in [3.63, 3.8) is 0 Å². The van der Waals surface area contributed by atoms with Crippen LogP contribution in [0, 0.1) is 6.92 Å². The maximum absolute atomic E-state index is 12.9. The molecule has 3 heterocycles. The quantitative estimate of drug-likeness (QED) is 0.700. The van der Waals surface area contributed by atoms with Crippen LogP contribution in [-0.4, -0.2) is 27.7 Å². The van der Waals surface area contributed by atoms with E-state index in [0.717, 1.165) is 24.1 Å². The molecule has 1 saturated heterocycles. The summed E-state index contributed by atoms with van der Waals surface area (Å²) in [6.07, 6.45) is 1.76. The lowest BCUT2D eigenvalue weighted by Crippen LogP contribution is -2.30. The van der Waals surface area contributed by atoms with Crippen LogP contribution in [0.25, 0.3) is 11.3 Å². The van der Waals surface area contributed by atoms with Crippen molar-refractivity contribution in [2.45, 2.75) is 25.8 Å². The van der Waals surface area contributed by atoms with E-state index in [1.165, 1.54) is 0 Å². The van der Waals surface area contributed by atoms with Crippen LogP contribution in [-0.2, 0) is 0 Å². The van der Waals surface area contributed by atoms with Gasteiger partial charge in [-0.15, -0.1) is 0 Å². The molecule has 4 rings (SSSR count). The van der Waals surface area contributed by atoms with Gasteiger partial charge in [-0.05, 0) is 44.0 Å². The molecule has 0 N–H and O–H groups in total. The normalized spacial score (nSPS) is 17.2. The Balaban J connectivity index is 1.57. The Kier molecular flexibility index (Phi) is 4.05. The number of amides is 1. The Morgan fingerprint density at radius 3 is 2.72 bits per heavy atom. The van der Waals surface area contributed by atoms with Crippen LogP contribution in [0.15, 0.2) is 45.4 Å². The molecule has 0 saturated carbocycles. The topological polar surface area (TPSA) is 72.4 Å². The van der Waals surface area contributed by atoms with Crippen molar-refractivity contribution in [1.82, 2.24) is 15.2 Å². The van der Waals surface area contributed by atoms with Crippen molar-refractivity contribution in [3.05, 3.63) is 58.6 Å². The van der Waals surface area contributed by atoms with E-state index in [9.17, 15) is 4.79 Å². The highest BCUT2D eigenvalue weighted by atomic mass is 35.5. The molecule has 1 amide bonds. The molecule has 3 aromatic rings. The van der Waals surface area contributed by atoms with E-state index < -0.39 is 0 Å². The van der Waals surface area contributed by atoms with Crippen LogP contribution < -0.4 is 0 Å². The Morgan fingerprint density at radius 2 is 2.00 bits per heavy atom. The molecule has 6 nitrogen and oxygen atoms in total. The lowest BCUT2D eigenvalue weighted by molar-refractivity contribution is 0.0704. The fourth-order valence-electron chi connectivity index (χ4n) is 3.12. The van der Waals surface area contributed by atoms with Gasteiger partial charge in [0.1, 0.15) is 0 Å². The summed E-state index contributed by atoms with van der Waals surface area (Å²) in [5, 5.41) is 8.51. The molecular weight excluding hydrogens is 342 g/mol. The third-order valence-corrected chi connectivity index (χ3v) is 4.60. The van der Waals surface area contributed by atoms with Gasteiger partial charge in [-0.3, -0.25) is 4.79 Å². The smallest absolute Gasteiger partial charge is 0.276 e. The van der Waals surface area contributed by atoms with Crippen LogP contribution in [0.2, 0.25) is 5.02 Å². The minimum atomic E-state index is -0.166. The summed E-state index contributed by atoms with van der Waals surface area (Å²) < 4.78 is 10.7. The first-order chi connectivity index (χ1) is 12.1. The van der Waals surface area contributed by atoms with Gasteiger partial charge in [0.2, 0.25) is 0 Å². The van der Waals surface area contributed by atoms with E-state index in [4.69, 9.17) is 20.6 Å². The zero-order valence-electron chi connectivity index (χ0n) is 13.6. The average molecular weight is 358 g/mol. The van der Waals surface area contributed by atoms with E-state index in [0.29, 0.717) is 23.1 Å². The van der Waals surface area contributed by atoms with E-state index in [2.05, 4.69) is 10.3 Å². The number of benzene rings is 1. The number of likely N-dealkylation sites (tertiary alicyclic amines) is 1. The highest BCUT2D eigenvalue weighted by Gasteiger charge is 2.34.